The zero-order valence-electron chi connectivity index (χ0n) is 16.8. The Labute approximate surface area is 167 Å². The molecule has 150 valence electrons. The van der Waals surface area contributed by atoms with Crippen molar-refractivity contribution in [2.45, 2.75) is 45.7 Å². The number of nitrogens with one attached hydrogen (secondary N) is 1. The molecule has 0 atom stereocenters. The van der Waals surface area contributed by atoms with Crippen LogP contribution in [0.15, 0.2) is 36.9 Å². The lowest BCUT2D eigenvalue weighted by Crippen LogP contribution is -2.35. The molecule has 7 heteroatoms. The summed E-state index contributed by atoms with van der Waals surface area (Å²) in [5, 5.41) is 3.20. The normalized spacial score (nSPS) is 15.5. The zero-order chi connectivity index (χ0) is 19.8. The smallest absolute Gasteiger partial charge is 0.222 e. The molecular formula is C21H30N6O. The maximum absolute atomic E-state index is 12.6. The van der Waals surface area contributed by atoms with E-state index in [1.165, 1.54) is 0 Å². The molecule has 0 unspecified atom stereocenters. The molecule has 3 rings (SSSR count). The van der Waals surface area contributed by atoms with Gasteiger partial charge in [0.1, 0.15) is 0 Å². The van der Waals surface area contributed by atoms with Gasteiger partial charge in [-0.3, -0.25) is 14.7 Å². The van der Waals surface area contributed by atoms with Crippen LogP contribution in [0.4, 0.5) is 5.95 Å². The quantitative estimate of drug-likeness (QED) is 0.792. The maximum Gasteiger partial charge on any atom is 0.222 e. The number of carbonyl (C=O) groups excluding carboxylic acids is 1. The van der Waals surface area contributed by atoms with Gasteiger partial charge in [0.05, 0.1) is 0 Å². The molecule has 3 heterocycles. The third-order valence-corrected chi connectivity index (χ3v) is 4.82. The number of pyridine rings is 1. The highest BCUT2D eigenvalue weighted by Gasteiger charge is 2.19. The van der Waals surface area contributed by atoms with Crippen LogP contribution in [0.2, 0.25) is 0 Å². The number of hydrogen-bond acceptors (Lipinski definition) is 6. The van der Waals surface area contributed by atoms with Gasteiger partial charge in [0, 0.05) is 75.5 Å². The van der Waals surface area contributed by atoms with Gasteiger partial charge < -0.3 is 10.2 Å². The number of carbonyl (C=O) groups is 1. The molecule has 1 saturated heterocycles. The maximum atomic E-state index is 12.6. The van der Waals surface area contributed by atoms with Gasteiger partial charge in [-0.2, -0.15) is 0 Å². The minimum atomic E-state index is 0.234. The van der Waals surface area contributed by atoms with Crippen molar-refractivity contribution in [3.05, 3.63) is 48.0 Å². The SMILES string of the molecule is CC(C)Nc1ncc(CN2CCCN(C(=O)CCc3cccnc3)CC2)cn1. The number of anilines is 1. The molecule has 1 N–H and O–H groups in total. The number of amides is 1. The highest BCUT2D eigenvalue weighted by atomic mass is 16.2. The van der Waals surface area contributed by atoms with Gasteiger partial charge in [-0.25, -0.2) is 9.97 Å². The van der Waals surface area contributed by atoms with Gasteiger partial charge in [0.15, 0.2) is 0 Å². The van der Waals surface area contributed by atoms with Crippen molar-refractivity contribution in [1.29, 1.82) is 0 Å². The van der Waals surface area contributed by atoms with Crippen LogP contribution in [0.3, 0.4) is 0 Å². The Balaban J connectivity index is 1.45. The molecule has 0 bridgehead atoms. The van der Waals surface area contributed by atoms with E-state index < -0.39 is 0 Å². The second-order valence-electron chi connectivity index (χ2n) is 7.59. The average molecular weight is 383 g/mol. The first-order valence-electron chi connectivity index (χ1n) is 10.1. The molecule has 0 aromatic carbocycles. The highest BCUT2D eigenvalue weighted by Crippen LogP contribution is 2.11. The first-order valence-corrected chi connectivity index (χ1v) is 10.1. The van der Waals surface area contributed by atoms with E-state index in [4.69, 9.17) is 0 Å². The molecule has 1 aliphatic rings. The monoisotopic (exact) mass is 382 g/mol. The molecule has 0 saturated carbocycles. The van der Waals surface area contributed by atoms with Crippen LogP contribution in [0.5, 0.6) is 0 Å². The predicted octanol–water partition coefficient (Wildman–Crippen LogP) is 2.36. The lowest BCUT2D eigenvalue weighted by atomic mass is 10.1. The number of aromatic nitrogens is 3. The summed E-state index contributed by atoms with van der Waals surface area (Å²) >= 11 is 0. The van der Waals surface area contributed by atoms with Crippen LogP contribution in [-0.2, 0) is 17.8 Å². The third-order valence-electron chi connectivity index (χ3n) is 4.82. The fourth-order valence-electron chi connectivity index (χ4n) is 3.36. The molecule has 1 aliphatic heterocycles. The fourth-order valence-corrected chi connectivity index (χ4v) is 3.36. The van der Waals surface area contributed by atoms with Crippen molar-refractivity contribution in [3.8, 4) is 0 Å². The molecule has 2 aromatic heterocycles. The van der Waals surface area contributed by atoms with Gasteiger partial charge in [-0.15, -0.1) is 0 Å². The van der Waals surface area contributed by atoms with Crippen molar-refractivity contribution in [1.82, 2.24) is 24.8 Å². The first-order chi connectivity index (χ1) is 13.6. The standard InChI is InChI=1S/C21H30N6O/c1-17(2)25-21-23-14-19(15-24-21)16-26-9-4-10-27(12-11-26)20(28)7-6-18-5-3-8-22-13-18/h3,5,8,13-15,17H,4,6-7,9-12,16H2,1-2H3,(H,23,24,25). The molecule has 2 aromatic rings. The number of aryl methyl sites for hydroxylation is 1. The summed E-state index contributed by atoms with van der Waals surface area (Å²) in [5.74, 6) is 0.901. The van der Waals surface area contributed by atoms with Crippen molar-refractivity contribution in [2.24, 2.45) is 0 Å². The minimum Gasteiger partial charge on any atom is -0.352 e. The molecule has 0 spiro atoms. The number of hydrogen-bond donors (Lipinski definition) is 1. The first kappa shape index (κ1) is 20.2. The van der Waals surface area contributed by atoms with Gasteiger partial charge in [0.25, 0.3) is 0 Å². The lowest BCUT2D eigenvalue weighted by molar-refractivity contribution is -0.131. The van der Waals surface area contributed by atoms with Crippen LogP contribution < -0.4 is 5.32 Å². The molecule has 28 heavy (non-hydrogen) atoms. The second kappa shape index (κ2) is 10.1. The van der Waals surface area contributed by atoms with Gasteiger partial charge in [0.2, 0.25) is 11.9 Å². The van der Waals surface area contributed by atoms with E-state index in [2.05, 4.69) is 39.0 Å². The van der Waals surface area contributed by atoms with E-state index in [1.54, 1.807) is 6.20 Å². The molecular weight excluding hydrogens is 352 g/mol. The van der Waals surface area contributed by atoms with Gasteiger partial charge >= 0.3 is 0 Å². The Morgan fingerprint density at radius 1 is 1.11 bits per heavy atom. The molecule has 7 nitrogen and oxygen atoms in total. The lowest BCUT2D eigenvalue weighted by Gasteiger charge is -2.22. The largest absolute Gasteiger partial charge is 0.352 e. The van der Waals surface area contributed by atoms with E-state index in [0.29, 0.717) is 18.4 Å². The van der Waals surface area contributed by atoms with E-state index in [9.17, 15) is 4.79 Å². The Hall–Kier alpha value is -2.54. The number of rotatable bonds is 7. The van der Waals surface area contributed by atoms with Crippen molar-refractivity contribution in [3.63, 3.8) is 0 Å². The Morgan fingerprint density at radius 3 is 2.64 bits per heavy atom. The van der Waals surface area contributed by atoms with Crippen molar-refractivity contribution >= 4 is 11.9 Å². The summed E-state index contributed by atoms with van der Waals surface area (Å²) in [6, 6.07) is 4.26. The second-order valence-corrected chi connectivity index (χ2v) is 7.59. The summed E-state index contributed by atoms with van der Waals surface area (Å²) < 4.78 is 0. The van der Waals surface area contributed by atoms with Crippen LogP contribution in [0.25, 0.3) is 0 Å². The average Bonchev–Trinajstić information content (AvgIpc) is 2.94. The summed E-state index contributed by atoms with van der Waals surface area (Å²) in [7, 11) is 0. The predicted molar refractivity (Wildman–Crippen MR) is 110 cm³/mol. The third kappa shape index (κ3) is 6.27. The van der Waals surface area contributed by atoms with E-state index >= 15 is 0 Å². The number of nitrogens with zero attached hydrogens (tertiary/aromatic N) is 5. The van der Waals surface area contributed by atoms with Gasteiger partial charge in [-0.1, -0.05) is 6.07 Å². The Morgan fingerprint density at radius 2 is 1.93 bits per heavy atom. The van der Waals surface area contributed by atoms with Crippen LogP contribution >= 0.6 is 0 Å². The summed E-state index contributed by atoms with van der Waals surface area (Å²) in [6.45, 7) is 8.43. The minimum absolute atomic E-state index is 0.234. The van der Waals surface area contributed by atoms with E-state index in [-0.39, 0.29) is 5.91 Å². The summed E-state index contributed by atoms with van der Waals surface area (Å²) in [5.41, 5.74) is 2.22. The molecule has 1 amide bonds. The van der Waals surface area contributed by atoms with Gasteiger partial charge in [-0.05, 0) is 38.3 Å². The van der Waals surface area contributed by atoms with E-state index in [0.717, 1.165) is 56.7 Å². The Kier molecular flexibility index (Phi) is 7.31. The van der Waals surface area contributed by atoms with E-state index in [1.807, 2.05) is 35.6 Å². The topological polar surface area (TPSA) is 74.2 Å². The Bertz CT molecular complexity index is 734. The van der Waals surface area contributed by atoms with Crippen LogP contribution in [0, 0.1) is 0 Å². The highest BCUT2D eigenvalue weighted by molar-refractivity contribution is 5.76. The summed E-state index contributed by atoms with van der Waals surface area (Å²) in [6.07, 6.45) is 9.66. The van der Waals surface area contributed by atoms with Crippen molar-refractivity contribution < 1.29 is 4.79 Å². The summed E-state index contributed by atoms with van der Waals surface area (Å²) in [4.78, 5) is 29.8. The van der Waals surface area contributed by atoms with Crippen molar-refractivity contribution in [2.75, 3.05) is 31.5 Å². The van der Waals surface area contributed by atoms with Crippen LogP contribution in [-0.4, -0.2) is 62.9 Å². The zero-order valence-corrected chi connectivity index (χ0v) is 16.8. The molecule has 0 radical (unpaired) electrons. The van der Waals surface area contributed by atoms with Crippen LogP contribution in [0.1, 0.15) is 37.8 Å². The molecule has 0 aliphatic carbocycles. The molecule has 1 fully saturated rings. The fraction of sp³-hybridized carbons (Fsp3) is 0.524.